The third-order valence-electron chi connectivity index (χ3n) is 3.98. The summed E-state index contributed by atoms with van der Waals surface area (Å²) in [6.45, 7) is 1.48. The summed E-state index contributed by atoms with van der Waals surface area (Å²) in [7, 11) is -3.16. The van der Waals surface area contributed by atoms with Gasteiger partial charge in [0.2, 0.25) is 10.0 Å². The molecule has 3 heterocycles. The Bertz CT molecular complexity index is 806. The van der Waals surface area contributed by atoms with Crippen LogP contribution in [0.2, 0.25) is 5.02 Å². The third kappa shape index (κ3) is 4.23. The normalized spacial score (nSPS) is 16.3. The third-order valence-corrected chi connectivity index (χ3v) is 5.04. The summed E-state index contributed by atoms with van der Waals surface area (Å²) >= 11 is 6.27. The molecule has 24 heavy (non-hydrogen) atoms. The van der Waals surface area contributed by atoms with Crippen molar-refractivity contribution in [3.63, 3.8) is 0 Å². The molecule has 0 saturated carbocycles. The van der Waals surface area contributed by atoms with E-state index in [0.717, 1.165) is 43.0 Å². The second kappa shape index (κ2) is 7.04. The summed E-state index contributed by atoms with van der Waals surface area (Å²) in [5.41, 5.74) is 1.65. The molecule has 1 saturated heterocycles. The first-order chi connectivity index (χ1) is 11.4. The second-order valence-corrected chi connectivity index (χ2v) is 8.08. The van der Waals surface area contributed by atoms with Crippen molar-refractivity contribution < 1.29 is 8.42 Å². The zero-order valence-electron chi connectivity index (χ0n) is 13.3. The maximum atomic E-state index is 11.3. The number of anilines is 1. The molecule has 1 aliphatic heterocycles. The maximum absolute atomic E-state index is 11.3. The first-order valence-electron chi connectivity index (χ1n) is 7.71. The largest absolute Gasteiger partial charge is 0.356 e. The van der Waals surface area contributed by atoms with Gasteiger partial charge < -0.3 is 4.90 Å². The van der Waals surface area contributed by atoms with E-state index in [9.17, 15) is 8.42 Å². The lowest BCUT2D eigenvalue weighted by Crippen LogP contribution is -2.44. The monoisotopic (exact) mass is 366 g/mol. The number of hydrogen-bond donors (Lipinski definition) is 1. The highest BCUT2D eigenvalue weighted by molar-refractivity contribution is 7.88. The van der Waals surface area contributed by atoms with Gasteiger partial charge >= 0.3 is 0 Å². The zero-order chi connectivity index (χ0) is 17.2. The molecule has 1 N–H and O–H groups in total. The highest BCUT2D eigenvalue weighted by Crippen LogP contribution is 2.29. The molecule has 128 valence electrons. The van der Waals surface area contributed by atoms with Gasteiger partial charge in [-0.2, -0.15) is 0 Å². The average Bonchev–Trinajstić information content (AvgIpc) is 2.55. The Labute approximate surface area is 146 Å². The van der Waals surface area contributed by atoms with Gasteiger partial charge in [0.05, 0.1) is 17.0 Å². The molecule has 0 radical (unpaired) electrons. The van der Waals surface area contributed by atoms with Gasteiger partial charge in [0.25, 0.3) is 0 Å². The molecule has 1 fully saturated rings. The zero-order valence-corrected chi connectivity index (χ0v) is 14.9. The molecule has 2 aromatic rings. The topological polar surface area (TPSA) is 75.2 Å². The van der Waals surface area contributed by atoms with Gasteiger partial charge in [0.15, 0.2) is 0 Å². The van der Waals surface area contributed by atoms with E-state index in [4.69, 9.17) is 11.6 Å². The van der Waals surface area contributed by atoms with Gasteiger partial charge in [-0.3, -0.25) is 4.98 Å². The minimum atomic E-state index is -3.16. The van der Waals surface area contributed by atoms with E-state index in [1.165, 1.54) is 6.26 Å². The van der Waals surface area contributed by atoms with Crippen LogP contribution in [-0.4, -0.2) is 43.8 Å². The van der Waals surface area contributed by atoms with E-state index < -0.39 is 10.0 Å². The van der Waals surface area contributed by atoms with Crippen LogP contribution in [-0.2, 0) is 10.0 Å². The number of nitrogens with one attached hydrogen (secondary N) is 1. The van der Waals surface area contributed by atoms with Crippen LogP contribution in [0.15, 0.2) is 36.7 Å². The molecule has 0 spiro atoms. The van der Waals surface area contributed by atoms with Crippen molar-refractivity contribution in [2.45, 2.75) is 18.9 Å². The fourth-order valence-corrected chi connectivity index (χ4v) is 3.89. The van der Waals surface area contributed by atoms with E-state index in [-0.39, 0.29) is 6.04 Å². The van der Waals surface area contributed by atoms with Crippen LogP contribution in [0.3, 0.4) is 0 Å². The molecule has 0 unspecified atom stereocenters. The van der Waals surface area contributed by atoms with E-state index in [1.807, 2.05) is 24.3 Å². The summed E-state index contributed by atoms with van der Waals surface area (Å²) in [6, 6.07) is 7.61. The van der Waals surface area contributed by atoms with Crippen molar-refractivity contribution >= 4 is 27.4 Å². The summed E-state index contributed by atoms with van der Waals surface area (Å²) in [5.74, 6) is 0.831. The number of pyridine rings is 2. The predicted octanol–water partition coefficient (Wildman–Crippen LogP) is 2.32. The Balaban J connectivity index is 1.75. The smallest absolute Gasteiger partial charge is 0.208 e. The molecule has 0 aromatic carbocycles. The molecule has 0 bridgehead atoms. The Hall–Kier alpha value is -1.70. The standard InChI is InChI=1S/C16H19ClN4O2S/c1-24(22,23)20-12-5-8-21(9-6-12)16-10-13(14(17)11-19-16)15-4-2-3-7-18-15/h2-4,7,10-12,20H,5-6,8-9H2,1H3. The molecule has 0 amide bonds. The molecular weight excluding hydrogens is 348 g/mol. The van der Waals surface area contributed by atoms with Crippen molar-refractivity contribution in [1.29, 1.82) is 0 Å². The minimum Gasteiger partial charge on any atom is -0.356 e. The fourth-order valence-electron chi connectivity index (χ4n) is 2.85. The van der Waals surface area contributed by atoms with Crippen LogP contribution >= 0.6 is 11.6 Å². The van der Waals surface area contributed by atoms with Crippen molar-refractivity contribution in [2.24, 2.45) is 0 Å². The number of sulfonamides is 1. The Morgan fingerprint density at radius 2 is 2.00 bits per heavy atom. The lowest BCUT2D eigenvalue weighted by Gasteiger charge is -2.33. The summed E-state index contributed by atoms with van der Waals surface area (Å²) in [5, 5.41) is 0.561. The molecule has 0 aliphatic carbocycles. The predicted molar refractivity (Wildman–Crippen MR) is 95.7 cm³/mol. The van der Waals surface area contributed by atoms with Crippen molar-refractivity contribution in [3.8, 4) is 11.3 Å². The van der Waals surface area contributed by atoms with E-state index >= 15 is 0 Å². The Morgan fingerprint density at radius 1 is 1.25 bits per heavy atom. The van der Waals surface area contributed by atoms with Crippen LogP contribution < -0.4 is 9.62 Å². The molecule has 8 heteroatoms. The van der Waals surface area contributed by atoms with Gasteiger partial charge in [0, 0.05) is 37.1 Å². The van der Waals surface area contributed by atoms with Gasteiger partial charge in [-0.1, -0.05) is 17.7 Å². The Morgan fingerprint density at radius 3 is 2.62 bits per heavy atom. The van der Waals surface area contributed by atoms with Gasteiger partial charge in [0.1, 0.15) is 5.82 Å². The maximum Gasteiger partial charge on any atom is 0.208 e. The van der Waals surface area contributed by atoms with Crippen LogP contribution in [0.5, 0.6) is 0 Å². The van der Waals surface area contributed by atoms with Crippen LogP contribution in [0, 0.1) is 0 Å². The number of halogens is 1. The lowest BCUT2D eigenvalue weighted by molar-refractivity contribution is 0.460. The number of rotatable bonds is 4. The van der Waals surface area contributed by atoms with E-state index in [2.05, 4.69) is 19.6 Å². The average molecular weight is 367 g/mol. The van der Waals surface area contributed by atoms with E-state index in [0.29, 0.717) is 5.02 Å². The first-order valence-corrected chi connectivity index (χ1v) is 9.98. The van der Waals surface area contributed by atoms with Crippen LogP contribution in [0.1, 0.15) is 12.8 Å². The fraction of sp³-hybridized carbons (Fsp3) is 0.375. The summed E-state index contributed by atoms with van der Waals surface area (Å²) in [4.78, 5) is 10.9. The molecular formula is C16H19ClN4O2S. The molecule has 2 aromatic heterocycles. The highest BCUT2D eigenvalue weighted by atomic mass is 35.5. The number of aromatic nitrogens is 2. The molecule has 3 rings (SSSR count). The molecule has 0 atom stereocenters. The van der Waals surface area contributed by atoms with Gasteiger partial charge in [-0.25, -0.2) is 18.1 Å². The summed E-state index contributed by atoms with van der Waals surface area (Å²) in [6.07, 6.45) is 6.06. The minimum absolute atomic E-state index is 0.0150. The summed E-state index contributed by atoms with van der Waals surface area (Å²) < 4.78 is 25.3. The quantitative estimate of drug-likeness (QED) is 0.898. The van der Waals surface area contributed by atoms with Crippen LogP contribution in [0.4, 0.5) is 5.82 Å². The first kappa shape index (κ1) is 17.1. The number of piperidine rings is 1. The second-order valence-electron chi connectivity index (χ2n) is 5.89. The lowest BCUT2D eigenvalue weighted by atomic mass is 10.1. The number of hydrogen-bond acceptors (Lipinski definition) is 5. The molecule has 6 nitrogen and oxygen atoms in total. The van der Waals surface area contributed by atoms with Crippen molar-refractivity contribution in [2.75, 3.05) is 24.2 Å². The number of nitrogens with zero attached hydrogens (tertiary/aromatic N) is 3. The van der Waals surface area contributed by atoms with Gasteiger partial charge in [-0.05, 0) is 31.0 Å². The molecule has 1 aliphatic rings. The van der Waals surface area contributed by atoms with E-state index in [1.54, 1.807) is 12.4 Å². The van der Waals surface area contributed by atoms with Crippen molar-refractivity contribution in [3.05, 3.63) is 41.7 Å². The Kier molecular flexibility index (Phi) is 5.03. The van der Waals surface area contributed by atoms with Crippen LogP contribution in [0.25, 0.3) is 11.3 Å². The SMILES string of the molecule is CS(=O)(=O)NC1CCN(c2cc(-c3ccccn3)c(Cl)cn2)CC1. The van der Waals surface area contributed by atoms with Gasteiger partial charge in [-0.15, -0.1) is 0 Å². The highest BCUT2D eigenvalue weighted by Gasteiger charge is 2.23. The van der Waals surface area contributed by atoms with Crippen molar-refractivity contribution in [1.82, 2.24) is 14.7 Å².